The summed E-state index contributed by atoms with van der Waals surface area (Å²) in [6, 6.07) is 7.40. The number of benzene rings is 1. The third kappa shape index (κ3) is 3.74. The molecule has 0 radical (unpaired) electrons. The third-order valence-corrected chi connectivity index (χ3v) is 2.00. The molecule has 0 saturated carbocycles. The molecule has 0 aliphatic rings. The lowest BCUT2D eigenvalue weighted by Crippen LogP contribution is -2.06. The highest BCUT2D eigenvalue weighted by atomic mass is 16.5. The zero-order valence-electron chi connectivity index (χ0n) is 9.62. The maximum atomic E-state index is 11.6. The Kier molecular flexibility index (Phi) is 4.35. The lowest BCUT2D eigenvalue weighted by Gasteiger charge is -2.10. The zero-order valence-corrected chi connectivity index (χ0v) is 9.62. The number of rotatable bonds is 5. The van der Waals surface area contributed by atoms with Crippen LogP contribution in [0.5, 0.6) is 5.75 Å². The second-order valence-electron chi connectivity index (χ2n) is 3.87. The maximum absolute atomic E-state index is 11.6. The highest BCUT2D eigenvalue weighted by Gasteiger charge is 2.06. The van der Waals surface area contributed by atoms with Gasteiger partial charge in [-0.25, -0.2) is 0 Å². The Bertz CT molecular complexity index is 329. The Morgan fingerprint density at radius 2 is 2.13 bits per heavy atom. The van der Waals surface area contributed by atoms with Gasteiger partial charge in [0.15, 0.2) is 5.78 Å². The van der Waals surface area contributed by atoms with Gasteiger partial charge in [-0.3, -0.25) is 4.79 Å². The molecule has 1 aromatic carbocycles. The van der Waals surface area contributed by atoms with Gasteiger partial charge in [0, 0.05) is 12.0 Å². The number of carbonyl (C=O) groups is 1. The van der Waals surface area contributed by atoms with E-state index < -0.39 is 0 Å². The molecule has 0 N–H and O–H groups in total. The van der Waals surface area contributed by atoms with Crippen LogP contribution in [0.1, 0.15) is 44.0 Å². The summed E-state index contributed by atoms with van der Waals surface area (Å²) < 4.78 is 5.53. The van der Waals surface area contributed by atoms with Crippen molar-refractivity contribution in [2.75, 3.05) is 0 Å². The van der Waals surface area contributed by atoms with Gasteiger partial charge in [-0.05, 0) is 32.4 Å². The van der Waals surface area contributed by atoms with E-state index in [4.69, 9.17) is 4.74 Å². The predicted octanol–water partition coefficient (Wildman–Crippen LogP) is 3.46. The molecule has 1 aromatic rings. The van der Waals surface area contributed by atoms with Crippen LogP contribution in [0, 0.1) is 0 Å². The van der Waals surface area contributed by atoms with Crippen molar-refractivity contribution in [2.45, 2.75) is 39.7 Å². The highest BCUT2D eigenvalue weighted by molar-refractivity contribution is 5.96. The quantitative estimate of drug-likeness (QED) is 0.690. The molecule has 0 aliphatic carbocycles. The van der Waals surface area contributed by atoms with E-state index in [1.165, 1.54) is 0 Å². The Balaban J connectivity index is 2.78. The second-order valence-corrected chi connectivity index (χ2v) is 3.87. The largest absolute Gasteiger partial charge is 0.491 e. The lowest BCUT2D eigenvalue weighted by atomic mass is 10.1. The minimum Gasteiger partial charge on any atom is -0.491 e. The van der Waals surface area contributed by atoms with Crippen LogP contribution in [0.15, 0.2) is 24.3 Å². The van der Waals surface area contributed by atoms with Crippen LogP contribution in [0.3, 0.4) is 0 Å². The summed E-state index contributed by atoms with van der Waals surface area (Å²) in [5.41, 5.74) is 0.745. The Morgan fingerprint density at radius 3 is 2.73 bits per heavy atom. The van der Waals surface area contributed by atoms with Gasteiger partial charge in [-0.15, -0.1) is 0 Å². The number of hydrogen-bond donors (Lipinski definition) is 0. The average molecular weight is 206 g/mol. The van der Waals surface area contributed by atoms with Gasteiger partial charge in [0.05, 0.1) is 6.10 Å². The van der Waals surface area contributed by atoms with E-state index in [1.807, 2.05) is 45.0 Å². The molecule has 2 heteroatoms. The van der Waals surface area contributed by atoms with Gasteiger partial charge in [0.1, 0.15) is 5.75 Å². The van der Waals surface area contributed by atoms with Crippen LogP contribution < -0.4 is 4.74 Å². The molecule has 82 valence electrons. The summed E-state index contributed by atoms with van der Waals surface area (Å²) in [7, 11) is 0. The number of carbonyl (C=O) groups excluding carboxylic acids is 1. The van der Waals surface area contributed by atoms with Crippen molar-refractivity contribution in [3.63, 3.8) is 0 Å². The first-order valence-electron chi connectivity index (χ1n) is 5.43. The molecule has 0 atom stereocenters. The standard InChI is InChI=1S/C13H18O2/c1-4-6-13(14)11-7-5-8-12(9-11)15-10(2)3/h5,7-10H,4,6H2,1-3H3. The minimum absolute atomic E-state index is 0.140. The molecule has 0 amide bonds. The summed E-state index contributed by atoms with van der Waals surface area (Å²) in [4.78, 5) is 11.6. The van der Waals surface area contributed by atoms with Crippen LogP contribution >= 0.6 is 0 Å². The summed E-state index contributed by atoms with van der Waals surface area (Å²) >= 11 is 0. The topological polar surface area (TPSA) is 26.3 Å². The van der Waals surface area contributed by atoms with Crippen molar-refractivity contribution in [3.05, 3.63) is 29.8 Å². The summed E-state index contributed by atoms with van der Waals surface area (Å²) in [6.07, 6.45) is 1.63. The van der Waals surface area contributed by atoms with E-state index in [2.05, 4.69) is 0 Å². The van der Waals surface area contributed by atoms with Gasteiger partial charge in [0.2, 0.25) is 0 Å². The number of ether oxygens (including phenoxy) is 1. The molecule has 0 saturated heterocycles. The second kappa shape index (κ2) is 5.54. The molecule has 0 aromatic heterocycles. The van der Waals surface area contributed by atoms with Crippen LogP contribution in [-0.2, 0) is 0 Å². The highest BCUT2D eigenvalue weighted by Crippen LogP contribution is 2.16. The first-order valence-corrected chi connectivity index (χ1v) is 5.43. The molecule has 0 bridgehead atoms. The van der Waals surface area contributed by atoms with Crippen molar-refractivity contribution >= 4 is 5.78 Å². The molecule has 1 rings (SSSR count). The summed E-state index contributed by atoms with van der Waals surface area (Å²) in [5.74, 6) is 0.957. The summed E-state index contributed by atoms with van der Waals surface area (Å²) in [5, 5.41) is 0. The smallest absolute Gasteiger partial charge is 0.162 e. The number of hydrogen-bond acceptors (Lipinski definition) is 2. The van der Waals surface area contributed by atoms with Gasteiger partial charge in [-0.1, -0.05) is 19.1 Å². The van der Waals surface area contributed by atoms with Crippen molar-refractivity contribution in [1.82, 2.24) is 0 Å². The maximum Gasteiger partial charge on any atom is 0.162 e. The van der Waals surface area contributed by atoms with Crippen molar-refractivity contribution in [2.24, 2.45) is 0 Å². The average Bonchev–Trinajstić information content (AvgIpc) is 2.17. The van der Waals surface area contributed by atoms with Gasteiger partial charge < -0.3 is 4.74 Å². The fraction of sp³-hybridized carbons (Fsp3) is 0.462. The van der Waals surface area contributed by atoms with Crippen LogP contribution in [-0.4, -0.2) is 11.9 Å². The molecule has 15 heavy (non-hydrogen) atoms. The van der Waals surface area contributed by atoms with Crippen LogP contribution in [0.4, 0.5) is 0 Å². The number of Topliss-reactive ketones (excluding diaryl/α,β-unsaturated/α-hetero) is 1. The van der Waals surface area contributed by atoms with E-state index in [1.54, 1.807) is 0 Å². The lowest BCUT2D eigenvalue weighted by molar-refractivity contribution is 0.0981. The van der Waals surface area contributed by atoms with E-state index in [0.29, 0.717) is 6.42 Å². The molecule has 0 aliphatic heterocycles. The van der Waals surface area contributed by atoms with Crippen molar-refractivity contribution in [3.8, 4) is 5.75 Å². The first-order chi connectivity index (χ1) is 7.13. The molecular formula is C13H18O2. The fourth-order valence-electron chi connectivity index (χ4n) is 1.39. The van der Waals surface area contributed by atoms with E-state index >= 15 is 0 Å². The van der Waals surface area contributed by atoms with Crippen LogP contribution in [0.2, 0.25) is 0 Å². The zero-order chi connectivity index (χ0) is 11.3. The SMILES string of the molecule is CCCC(=O)c1cccc(OC(C)C)c1. The molecule has 0 fully saturated rings. The first kappa shape index (κ1) is 11.8. The van der Waals surface area contributed by atoms with Crippen molar-refractivity contribution < 1.29 is 9.53 Å². The third-order valence-electron chi connectivity index (χ3n) is 2.00. The van der Waals surface area contributed by atoms with Gasteiger partial charge >= 0.3 is 0 Å². The Hall–Kier alpha value is -1.31. The minimum atomic E-state index is 0.140. The molecular weight excluding hydrogens is 188 g/mol. The Labute approximate surface area is 91.3 Å². The van der Waals surface area contributed by atoms with E-state index in [0.717, 1.165) is 17.7 Å². The molecule has 0 spiro atoms. The number of ketones is 1. The molecule has 2 nitrogen and oxygen atoms in total. The predicted molar refractivity (Wildman–Crippen MR) is 61.4 cm³/mol. The van der Waals surface area contributed by atoms with Crippen molar-refractivity contribution in [1.29, 1.82) is 0 Å². The van der Waals surface area contributed by atoms with E-state index in [-0.39, 0.29) is 11.9 Å². The summed E-state index contributed by atoms with van der Waals surface area (Å²) in [6.45, 7) is 5.95. The fourth-order valence-corrected chi connectivity index (χ4v) is 1.39. The van der Waals surface area contributed by atoms with Gasteiger partial charge in [-0.2, -0.15) is 0 Å². The normalized spacial score (nSPS) is 10.4. The van der Waals surface area contributed by atoms with Gasteiger partial charge in [0.25, 0.3) is 0 Å². The monoisotopic (exact) mass is 206 g/mol. The van der Waals surface area contributed by atoms with Crippen LogP contribution in [0.25, 0.3) is 0 Å². The molecule has 0 heterocycles. The molecule has 0 unspecified atom stereocenters. The van der Waals surface area contributed by atoms with E-state index in [9.17, 15) is 4.79 Å². The Morgan fingerprint density at radius 1 is 1.40 bits per heavy atom.